The van der Waals surface area contributed by atoms with Crippen LogP contribution in [0.5, 0.6) is 0 Å². The summed E-state index contributed by atoms with van der Waals surface area (Å²) in [6, 6.07) is 20.2. The van der Waals surface area contributed by atoms with Crippen molar-refractivity contribution in [1.82, 2.24) is 0 Å². The fraction of sp³-hybridized carbons (Fsp3) is 0.250. The fourth-order valence-electron chi connectivity index (χ4n) is 2.85. The van der Waals surface area contributed by atoms with Crippen molar-refractivity contribution < 1.29 is 0 Å². The van der Waals surface area contributed by atoms with Crippen LogP contribution in [0.25, 0.3) is 0 Å². The van der Waals surface area contributed by atoms with Gasteiger partial charge in [-0.1, -0.05) is 60.7 Å². The lowest BCUT2D eigenvalue weighted by atomic mass is 9.85. The molecule has 0 unspecified atom stereocenters. The van der Waals surface area contributed by atoms with Crippen LogP contribution in [0.2, 0.25) is 0 Å². The molecule has 0 saturated carbocycles. The highest BCUT2D eigenvalue weighted by atomic mass is 15.5. The molecule has 0 aromatic heterocycles. The van der Waals surface area contributed by atoms with Crippen LogP contribution < -0.4 is 0 Å². The van der Waals surface area contributed by atoms with Gasteiger partial charge in [-0.15, -0.1) is 0 Å². The molecule has 3 aliphatic heterocycles. The van der Waals surface area contributed by atoms with Crippen molar-refractivity contribution in [2.24, 2.45) is 20.5 Å². The van der Waals surface area contributed by atoms with Gasteiger partial charge in [0.1, 0.15) is 0 Å². The van der Waals surface area contributed by atoms with Crippen molar-refractivity contribution in [3.63, 3.8) is 0 Å². The maximum absolute atomic E-state index is 4.51. The molecule has 2 aromatic carbocycles. The molecular formula is C16H14N4. The van der Waals surface area contributed by atoms with Crippen LogP contribution in [0.1, 0.15) is 24.0 Å². The monoisotopic (exact) mass is 262 g/mol. The first kappa shape index (κ1) is 11.5. The van der Waals surface area contributed by atoms with Crippen molar-refractivity contribution in [2.45, 2.75) is 24.2 Å². The second-order valence-corrected chi connectivity index (χ2v) is 5.27. The highest BCUT2D eigenvalue weighted by Gasteiger charge is 2.48. The molecule has 0 aliphatic carbocycles. The van der Waals surface area contributed by atoms with E-state index in [4.69, 9.17) is 0 Å². The highest BCUT2D eigenvalue weighted by Crippen LogP contribution is 2.50. The Bertz CT molecular complexity index is 603. The Kier molecular flexibility index (Phi) is 2.33. The minimum absolute atomic E-state index is 0.599. The van der Waals surface area contributed by atoms with E-state index in [2.05, 4.69) is 20.5 Å². The first-order valence-electron chi connectivity index (χ1n) is 6.82. The summed E-state index contributed by atoms with van der Waals surface area (Å²) in [5.74, 6) is 0. The molecule has 4 heteroatoms. The van der Waals surface area contributed by atoms with Gasteiger partial charge in [0.2, 0.25) is 11.3 Å². The number of rotatable bonds is 2. The Labute approximate surface area is 117 Å². The minimum atomic E-state index is -0.599. The van der Waals surface area contributed by atoms with E-state index in [1.54, 1.807) is 0 Å². The lowest BCUT2D eigenvalue weighted by Gasteiger charge is -2.39. The normalized spacial score (nSPS) is 30.6. The maximum atomic E-state index is 4.51. The average molecular weight is 262 g/mol. The minimum Gasteiger partial charge on any atom is -0.154 e. The van der Waals surface area contributed by atoms with Gasteiger partial charge in [-0.25, -0.2) is 0 Å². The largest absolute Gasteiger partial charge is 0.216 e. The van der Waals surface area contributed by atoms with Crippen LogP contribution in [0.3, 0.4) is 0 Å². The molecule has 20 heavy (non-hydrogen) atoms. The SMILES string of the molecule is c1ccc(C23CCC(c4ccccc4)(N=N2)N=N3)cc1. The molecule has 0 amide bonds. The summed E-state index contributed by atoms with van der Waals surface area (Å²) in [4.78, 5) is 0. The molecule has 3 aliphatic rings. The summed E-state index contributed by atoms with van der Waals surface area (Å²) in [6.45, 7) is 0. The van der Waals surface area contributed by atoms with Gasteiger partial charge in [-0.2, -0.15) is 20.5 Å². The van der Waals surface area contributed by atoms with Crippen LogP contribution in [0, 0.1) is 0 Å². The van der Waals surface area contributed by atoms with Gasteiger partial charge in [0.05, 0.1) is 0 Å². The zero-order valence-corrected chi connectivity index (χ0v) is 11.0. The molecule has 3 heterocycles. The van der Waals surface area contributed by atoms with Crippen LogP contribution >= 0.6 is 0 Å². The molecule has 0 radical (unpaired) electrons. The van der Waals surface area contributed by atoms with Crippen molar-refractivity contribution in [1.29, 1.82) is 0 Å². The first-order chi connectivity index (χ1) is 9.83. The summed E-state index contributed by atoms with van der Waals surface area (Å²) < 4.78 is 0. The number of fused-ring (bicyclic) bond motifs is 1. The molecule has 98 valence electrons. The van der Waals surface area contributed by atoms with Gasteiger partial charge in [-0.3, -0.25) is 0 Å². The van der Waals surface area contributed by atoms with E-state index in [-0.39, 0.29) is 0 Å². The van der Waals surface area contributed by atoms with Gasteiger partial charge < -0.3 is 0 Å². The van der Waals surface area contributed by atoms with E-state index < -0.39 is 11.3 Å². The third-order valence-corrected chi connectivity index (χ3v) is 4.06. The first-order valence-corrected chi connectivity index (χ1v) is 6.82. The number of azo groups is 2. The second-order valence-electron chi connectivity index (χ2n) is 5.27. The number of nitrogens with zero attached hydrogens (tertiary/aromatic N) is 4. The number of hydrogen-bond acceptors (Lipinski definition) is 4. The average Bonchev–Trinajstić information content (AvgIpc) is 2.58. The fourth-order valence-corrected chi connectivity index (χ4v) is 2.85. The summed E-state index contributed by atoms with van der Waals surface area (Å²) in [7, 11) is 0. The third kappa shape index (κ3) is 1.54. The summed E-state index contributed by atoms with van der Waals surface area (Å²) in [5, 5.41) is 18.1. The Morgan fingerprint density at radius 1 is 0.550 bits per heavy atom. The molecular weight excluding hydrogens is 248 g/mol. The molecule has 0 atom stereocenters. The van der Waals surface area contributed by atoms with Crippen LogP contribution in [-0.4, -0.2) is 0 Å². The zero-order valence-electron chi connectivity index (χ0n) is 11.0. The lowest BCUT2D eigenvalue weighted by Crippen LogP contribution is -2.37. The smallest absolute Gasteiger partial charge is 0.154 e. The predicted octanol–water partition coefficient (Wildman–Crippen LogP) is 4.40. The van der Waals surface area contributed by atoms with Crippen LogP contribution in [-0.2, 0) is 11.3 Å². The van der Waals surface area contributed by atoms with E-state index in [0.717, 1.165) is 24.0 Å². The lowest BCUT2D eigenvalue weighted by molar-refractivity contribution is 0.179. The topological polar surface area (TPSA) is 49.4 Å². The van der Waals surface area contributed by atoms with E-state index in [9.17, 15) is 0 Å². The summed E-state index contributed by atoms with van der Waals surface area (Å²) in [6.07, 6.45) is 1.69. The molecule has 0 saturated heterocycles. The van der Waals surface area contributed by atoms with E-state index in [0.29, 0.717) is 0 Å². The quantitative estimate of drug-likeness (QED) is 0.770. The predicted molar refractivity (Wildman–Crippen MR) is 75.2 cm³/mol. The molecule has 0 N–H and O–H groups in total. The second kappa shape index (κ2) is 4.07. The van der Waals surface area contributed by atoms with Crippen molar-refractivity contribution >= 4 is 0 Å². The summed E-state index contributed by atoms with van der Waals surface area (Å²) >= 11 is 0. The number of hydrogen-bond donors (Lipinski definition) is 0. The van der Waals surface area contributed by atoms with Gasteiger partial charge in [-0.05, 0) is 0 Å². The number of benzene rings is 2. The summed E-state index contributed by atoms with van der Waals surface area (Å²) in [5.41, 5.74) is 0.929. The Morgan fingerprint density at radius 2 is 0.900 bits per heavy atom. The Hall–Kier alpha value is -2.36. The van der Waals surface area contributed by atoms with Crippen molar-refractivity contribution in [2.75, 3.05) is 0 Å². The van der Waals surface area contributed by atoms with Gasteiger partial charge in [0.15, 0.2) is 0 Å². The maximum Gasteiger partial charge on any atom is 0.216 e. The van der Waals surface area contributed by atoms with Gasteiger partial charge >= 0.3 is 0 Å². The van der Waals surface area contributed by atoms with Gasteiger partial charge in [0, 0.05) is 24.0 Å². The third-order valence-electron chi connectivity index (χ3n) is 4.06. The molecule has 5 rings (SSSR count). The Morgan fingerprint density at radius 3 is 1.20 bits per heavy atom. The molecule has 4 nitrogen and oxygen atoms in total. The van der Waals surface area contributed by atoms with E-state index >= 15 is 0 Å². The van der Waals surface area contributed by atoms with Gasteiger partial charge in [0.25, 0.3) is 0 Å². The standard InChI is InChI=1S/C16H14N4/c1-3-7-13(8-4-1)15-11-12-16(19-17-15,20-18-15)14-9-5-2-6-10-14/h1-10H,11-12H2. The van der Waals surface area contributed by atoms with E-state index in [1.165, 1.54) is 0 Å². The molecule has 0 spiro atoms. The van der Waals surface area contributed by atoms with Crippen LogP contribution in [0.4, 0.5) is 0 Å². The zero-order chi connectivity index (χ0) is 13.5. The Balaban J connectivity index is 1.76. The molecule has 0 fully saturated rings. The van der Waals surface area contributed by atoms with Crippen LogP contribution in [0.15, 0.2) is 81.1 Å². The van der Waals surface area contributed by atoms with Crippen molar-refractivity contribution in [3.05, 3.63) is 71.8 Å². The molecule has 2 bridgehead atoms. The highest BCUT2D eigenvalue weighted by molar-refractivity contribution is 5.30. The van der Waals surface area contributed by atoms with Crippen molar-refractivity contribution in [3.8, 4) is 0 Å². The molecule has 2 aromatic rings. The van der Waals surface area contributed by atoms with E-state index in [1.807, 2.05) is 60.7 Å².